The summed E-state index contributed by atoms with van der Waals surface area (Å²) in [6.45, 7) is 0.731. The number of anilines is 1. The molecular weight excluding hydrogens is 461 g/mol. The van der Waals surface area contributed by atoms with Gasteiger partial charge in [0.2, 0.25) is 5.95 Å². The fraction of sp³-hybridized carbons (Fsp3) is 0.478. The third-order valence-electron chi connectivity index (χ3n) is 7.08. The van der Waals surface area contributed by atoms with Crippen molar-refractivity contribution in [1.82, 2.24) is 28.7 Å². The minimum absolute atomic E-state index is 0.0725. The SMILES string of the molecule is Cn1c(=O)n(C2CCC(O)CC2)c2nc(-n3cnc4ccc(Cl)cc43)nc(N3CC[C@H](F)C3)c21. The van der Waals surface area contributed by atoms with Gasteiger partial charge in [0.15, 0.2) is 11.5 Å². The standard InChI is InChI=1S/C23H25ClFN7O2/c1-29-19-20(30-9-8-14(25)11-30)27-22(31-12-26-17-7-2-13(24)10-18(17)31)28-21(19)32(23(29)34)15-3-5-16(33)6-4-15/h2,7,10,12,14-16,33H,3-6,8-9,11H2,1H3/t14-,15?,16?/m0/s1. The van der Waals surface area contributed by atoms with E-state index in [0.717, 1.165) is 11.0 Å². The summed E-state index contributed by atoms with van der Waals surface area (Å²) in [5.74, 6) is 0.892. The largest absolute Gasteiger partial charge is 0.393 e. The van der Waals surface area contributed by atoms with Crippen LogP contribution in [0.3, 0.4) is 0 Å². The van der Waals surface area contributed by atoms with E-state index in [9.17, 15) is 14.3 Å². The molecular formula is C23H25ClFN7O2. The summed E-state index contributed by atoms with van der Waals surface area (Å²) in [7, 11) is 1.71. The van der Waals surface area contributed by atoms with Gasteiger partial charge in [-0.05, 0) is 50.3 Å². The molecule has 1 aliphatic heterocycles. The van der Waals surface area contributed by atoms with E-state index in [-0.39, 0.29) is 24.4 Å². The fourth-order valence-corrected chi connectivity index (χ4v) is 5.43. The number of alkyl halides is 1. The highest BCUT2D eigenvalue weighted by Crippen LogP contribution is 2.34. The molecule has 11 heteroatoms. The van der Waals surface area contributed by atoms with Gasteiger partial charge >= 0.3 is 5.69 Å². The first-order valence-corrected chi connectivity index (χ1v) is 12.0. The van der Waals surface area contributed by atoms with Gasteiger partial charge in [-0.1, -0.05) is 11.6 Å². The van der Waals surface area contributed by atoms with Crippen LogP contribution in [0.25, 0.3) is 28.1 Å². The molecule has 178 valence electrons. The lowest BCUT2D eigenvalue weighted by molar-refractivity contribution is 0.110. The second-order valence-electron chi connectivity index (χ2n) is 9.27. The van der Waals surface area contributed by atoms with Gasteiger partial charge in [-0.25, -0.2) is 14.2 Å². The van der Waals surface area contributed by atoms with E-state index in [2.05, 4.69) is 4.98 Å². The maximum atomic E-state index is 14.2. The van der Waals surface area contributed by atoms with E-state index in [1.807, 2.05) is 11.0 Å². The Balaban J connectivity index is 1.61. The van der Waals surface area contributed by atoms with Gasteiger partial charge in [0.25, 0.3) is 0 Å². The second kappa shape index (κ2) is 8.06. The van der Waals surface area contributed by atoms with Crippen LogP contribution in [0.5, 0.6) is 0 Å². The molecule has 6 rings (SSSR count). The van der Waals surface area contributed by atoms with Gasteiger partial charge in [-0.3, -0.25) is 13.7 Å². The Hall–Kier alpha value is -2.98. The zero-order valence-corrected chi connectivity index (χ0v) is 19.5. The van der Waals surface area contributed by atoms with Crippen LogP contribution >= 0.6 is 11.6 Å². The molecule has 1 saturated heterocycles. The topological polar surface area (TPSA) is 94.0 Å². The number of fused-ring (bicyclic) bond motifs is 2. The Bertz CT molecular complexity index is 1450. The van der Waals surface area contributed by atoms with Crippen LogP contribution in [0.2, 0.25) is 5.02 Å². The lowest BCUT2D eigenvalue weighted by Gasteiger charge is -2.26. The zero-order chi connectivity index (χ0) is 23.6. The molecule has 0 amide bonds. The molecule has 0 bridgehead atoms. The van der Waals surface area contributed by atoms with E-state index in [4.69, 9.17) is 21.6 Å². The molecule has 0 unspecified atom stereocenters. The predicted molar refractivity (Wildman–Crippen MR) is 128 cm³/mol. The Labute approximate surface area is 199 Å². The van der Waals surface area contributed by atoms with Gasteiger partial charge in [-0.2, -0.15) is 9.97 Å². The van der Waals surface area contributed by atoms with Gasteiger partial charge in [0.1, 0.15) is 18.0 Å². The summed E-state index contributed by atoms with van der Waals surface area (Å²) in [4.78, 5) is 29.4. The molecule has 1 atom stereocenters. The number of nitrogens with zero attached hydrogens (tertiary/aromatic N) is 7. The second-order valence-corrected chi connectivity index (χ2v) is 9.71. The monoisotopic (exact) mass is 485 g/mol. The molecule has 0 radical (unpaired) electrons. The van der Waals surface area contributed by atoms with Crippen LogP contribution in [0, 0.1) is 0 Å². The smallest absolute Gasteiger partial charge is 0.330 e. The summed E-state index contributed by atoms with van der Waals surface area (Å²) in [6, 6.07) is 5.32. The number of hydrogen-bond acceptors (Lipinski definition) is 6. The van der Waals surface area contributed by atoms with Gasteiger partial charge in [0.05, 0.1) is 23.7 Å². The quantitative estimate of drug-likeness (QED) is 0.479. The van der Waals surface area contributed by atoms with Crippen molar-refractivity contribution in [3.63, 3.8) is 0 Å². The Morgan fingerprint density at radius 1 is 1.15 bits per heavy atom. The molecule has 1 aliphatic carbocycles. The van der Waals surface area contributed by atoms with E-state index in [0.29, 0.717) is 66.6 Å². The van der Waals surface area contributed by atoms with E-state index >= 15 is 0 Å². The number of halogens is 2. The lowest BCUT2D eigenvalue weighted by Crippen LogP contribution is -2.30. The first kappa shape index (κ1) is 21.5. The van der Waals surface area contributed by atoms with Crippen LogP contribution in [0.15, 0.2) is 29.3 Å². The number of aromatic nitrogens is 6. The highest BCUT2D eigenvalue weighted by atomic mass is 35.5. The predicted octanol–water partition coefficient (Wildman–Crippen LogP) is 3.15. The first-order chi connectivity index (χ1) is 16.4. The van der Waals surface area contributed by atoms with Crippen molar-refractivity contribution in [2.45, 2.75) is 50.4 Å². The number of rotatable bonds is 3. The Morgan fingerprint density at radius 3 is 2.68 bits per heavy atom. The molecule has 0 spiro atoms. The average molecular weight is 486 g/mol. The molecule has 9 nitrogen and oxygen atoms in total. The Kier molecular flexibility index (Phi) is 5.11. The number of benzene rings is 1. The van der Waals surface area contributed by atoms with Gasteiger partial charge in [-0.15, -0.1) is 0 Å². The average Bonchev–Trinajstić information content (AvgIpc) is 3.51. The summed E-state index contributed by atoms with van der Waals surface area (Å²) >= 11 is 6.24. The molecule has 1 aromatic carbocycles. The summed E-state index contributed by atoms with van der Waals surface area (Å²) in [5, 5.41) is 10.5. The van der Waals surface area contributed by atoms with Gasteiger partial charge < -0.3 is 10.0 Å². The maximum absolute atomic E-state index is 14.2. The van der Waals surface area contributed by atoms with Crippen molar-refractivity contribution in [2.24, 2.45) is 7.05 Å². The van der Waals surface area contributed by atoms with Crippen molar-refractivity contribution in [2.75, 3.05) is 18.0 Å². The molecule has 2 fully saturated rings. The summed E-state index contributed by atoms with van der Waals surface area (Å²) in [6.07, 6.45) is 3.42. The molecule has 1 N–H and O–H groups in total. The van der Waals surface area contributed by atoms with Crippen LogP contribution in [0.1, 0.15) is 38.1 Å². The minimum atomic E-state index is -0.944. The number of aliphatic hydroxyl groups excluding tert-OH is 1. The number of aryl methyl sites for hydroxylation is 1. The highest BCUT2D eigenvalue weighted by Gasteiger charge is 2.31. The van der Waals surface area contributed by atoms with Crippen molar-refractivity contribution in [3.05, 3.63) is 40.0 Å². The van der Waals surface area contributed by atoms with E-state index in [1.165, 1.54) is 0 Å². The number of aliphatic hydroxyl groups is 1. The molecule has 4 aromatic rings. The normalized spacial score (nSPS) is 23.4. The van der Waals surface area contributed by atoms with E-state index < -0.39 is 6.17 Å². The maximum Gasteiger partial charge on any atom is 0.330 e. The number of hydrogen-bond donors (Lipinski definition) is 1. The number of imidazole rings is 2. The van der Waals surface area contributed by atoms with Crippen molar-refractivity contribution in [1.29, 1.82) is 0 Å². The lowest BCUT2D eigenvalue weighted by atomic mass is 9.93. The summed E-state index contributed by atoms with van der Waals surface area (Å²) < 4.78 is 19.2. The van der Waals surface area contributed by atoms with Crippen molar-refractivity contribution >= 4 is 39.6 Å². The van der Waals surface area contributed by atoms with Crippen LogP contribution in [-0.2, 0) is 7.05 Å². The fourth-order valence-electron chi connectivity index (χ4n) is 5.26. The third-order valence-corrected chi connectivity index (χ3v) is 7.31. The molecule has 2 aliphatic rings. The molecule has 1 saturated carbocycles. The zero-order valence-electron chi connectivity index (χ0n) is 18.7. The van der Waals surface area contributed by atoms with Crippen LogP contribution < -0.4 is 10.6 Å². The highest BCUT2D eigenvalue weighted by molar-refractivity contribution is 6.31. The van der Waals surface area contributed by atoms with Crippen molar-refractivity contribution < 1.29 is 9.50 Å². The third kappa shape index (κ3) is 3.39. The van der Waals surface area contributed by atoms with E-state index in [1.54, 1.807) is 39.2 Å². The minimum Gasteiger partial charge on any atom is -0.393 e. The molecule has 4 heterocycles. The molecule has 3 aromatic heterocycles. The molecule has 34 heavy (non-hydrogen) atoms. The van der Waals surface area contributed by atoms with Crippen LogP contribution in [-0.4, -0.2) is 59.1 Å². The Morgan fingerprint density at radius 2 is 1.94 bits per heavy atom. The van der Waals surface area contributed by atoms with Crippen LogP contribution in [0.4, 0.5) is 10.2 Å². The first-order valence-electron chi connectivity index (χ1n) is 11.6. The van der Waals surface area contributed by atoms with Crippen molar-refractivity contribution in [3.8, 4) is 5.95 Å². The van der Waals surface area contributed by atoms with Gasteiger partial charge in [0, 0.05) is 24.7 Å². The summed E-state index contributed by atoms with van der Waals surface area (Å²) in [5.41, 5.74) is 2.41.